The molecule has 0 atom stereocenters. The van der Waals surface area contributed by atoms with Crippen LogP contribution in [-0.2, 0) is 6.54 Å². The van der Waals surface area contributed by atoms with Gasteiger partial charge in [-0.2, -0.15) is 0 Å². The van der Waals surface area contributed by atoms with Crippen LogP contribution in [0.2, 0.25) is 0 Å². The number of hydrogen-bond acceptors (Lipinski definition) is 3. The molecule has 0 aromatic heterocycles. The number of rotatable bonds is 8. The van der Waals surface area contributed by atoms with Crippen LogP contribution in [0.5, 0.6) is 0 Å². The maximum Gasteiger partial charge on any atom is 0.144 e. The smallest absolute Gasteiger partial charge is 0.144 e. The standard InChI is InChI=1S/C15H24BrN3O/c1-15(2,14(17)19-20)9-3-4-10-18-11-12-5-7-13(16)8-6-12/h5-8,18,20H,3-4,9-11H2,1-2H3,(H2,17,19). The summed E-state index contributed by atoms with van der Waals surface area (Å²) in [5, 5.41) is 15.2. The Morgan fingerprint density at radius 1 is 1.30 bits per heavy atom. The molecule has 20 heavy (non-hydrogen) atoms. The number of nitrogens with two attached hydrogens (primary N) is 1. The fourth-order valence-corrected chi connectivity index (χ4v) is 2.18. The molecule has 4 N–H and O–H groups in total. The fraction of sp³-hybridized carbons (Fsp3) is 0.533. The van der Waals surface area contributed by atoms with Crippen molar-refractivity contribution in [1.29, 1.82) is 0 Å². The van der Waals surface area contributed by atoms with Gasteiger partial charge in [-0.15, -0.1) is 0 Å². The molecule has 0 heterocycles. The highest BCUT2D eigenvalue weighted by atomic mass is 79.9. The van der Waals surface area contributed by atoms with E-state index < -0.39 is 0 Å². The Balaban J connectivity index is 2.15. The maximum atomic E-state index is 8.70. The predicted octanol–water partition coefficient (Wildman–Crippen LogP) is 3.48. The van der Waals surface area contributed by atoms with Gasteiger partial charge < -0.3 is 16.3 Å². The average Bonchev–Trinajstić information content (AvgIpc) is 2.43. The Bertz CT molecular complexity index is 429. The van der Waals surface area contributed by atoms with Gasteiger partial charge in [0, 0.05) is 16.4 Å². The zero-order valence-corrected chi connectivity index (χ0v) is 13.8. The van der Waals surface area contributed by atoms with E-state index in [1.165, 1.54) is 5.56 Å². The summed E-state index contributed by atoms with van der Waals surface area (Å²) in [6.07, 6.45) is 3.05. The third kappa shape index (κ3) is 5.92. The number of halogens is 1. The van der Waals surface area contributed by atoms with E-state index in [-0.39, 0.29) is 5.41 Å². The lowest BCUT2D eigenvalue weighted by Gasteiger charge is -2.22. The second kappa shape index (κ2) is 8.27. The first kappa shape index (κ1) is 17.0. The predicted molar refractivity (Wildman–Crippen MR) is 86.9 cm³/mol. The third-order valence-corrected chi connectivity index (χ3v) is 3.98. The van der Waals surface area contributed by atoms with Gasteiger partial charge in [-0.3, -0.25) is 0 Å². The van der Waals surface area contributed by atoms with Crippen LogP contribution in [0.4, 0.5) is 0 Å². The summed E-state index contributed by atoms with van der Waals surface area (Å²) in [4.78, 5) is 0. The molecular weight excluding hydrogens is 318 g/mol. The van der Waals surface area contributed by atoms with E-state index in [0.29, 0.717) is 5.84 Å². The van der Waals surface area contributed by atoms with E-state index >= 15 is 0 Å². The van der Waals surface area contributed by atoms with E-state index in [2.05, 4.69) is 50.7 Å². The lowest BCUT2D eigenvalue weighted by Crippen LogP contribution is -2.32. The highest BCUT2D eigenvalue weighted by Gasteiger charge is 2.22. The molecule has 1 aromatic rings. The minimum atomic E-state index is -0.236. The first-order valence-corrected chi connectivity index (χ1v) is 7.68. The van der Waals surface area contributed by atoms with Crippen molar-refractivity contribution in [1.82, 2.24) is 5.32 Å². The van der Waals surface area contributed by atoms with Gasteiger partial charge in [0.25, 0.3) is 0 Å². The molecule has 0 unspecified atom stereocenters. The first-order valence-electron chi connectivity index (χ1n) is 6.89. The molecule has 0 aliphatic heterocycles. The van der Waals surface area contributed by atoms with Crippen molar-refractivity contribution in [3.63, 3.8) is 0 Å². The van der Waals surface area contributed by atoms with Crippen LogP contribution in [-0.4, -0.2) is 17.6 Å². The summed E-state index contributed by atoms with van der Waals surface area (Å²) in [7, 11) is 0. The van der Waals surface area contributed by atoms with Gasteiger partial charge in [0.15, 0.2) is 0 Å². The van der Waals surface area contributed by atoms with Crippen molar-refractivity contribution < 1.29 is 5.21 Å². The molecule has 0 fully saturated rings. The number of amidine groups is 1. The molecule has 1 rings (SSSR count). The van der Waals surface area contributed by atoms with E-state index in [4.69, 9.17) is 10.9 Å². The molecule has 0 saturated heterocycles. The molecule has 112 valence electrons. The highest BCUT2D eigenvalue weighted by Crippen LogP contribution is 2.23. The van der Waals surface area contributed by atoms with E-state index in [0.717, 1.165) is 36.8 Å². The van der Waals surface area contributed by atoms with Gasteiger partial charge >= 0.3 is 0 Å². The number of oxime groups is 1. The van der Waals surface area contributed by atoms with Crippen molar-refractivity contribution in [2.45, 2.75) is 39.7 Å². The fourth-order valence-electron chi connectivity index (χ4n) is 1.92. The SMILES string of the molecule is CC(C)(CCCCNCc1ccc(Br)cc1)/C(N)=N/O. The molecule has 1 aromatic carbocycles. The molecule has 0 bridgehead atoms. The number of nitrogens with zero attached hydrogens (tertiary/aromatic N) is 1. The van der Waals surface area contributed by atoms with E-state index in [9.17, 15) is 0 Å². The number of benzene rings is 1. The summed E-state index contributed by atoms with van der Waals surface area (Å²) in [6, 6.07) is 8.32. The van der Waals surface area contributed by atoms with Crippen LogP contribution in [0.25, 0.3) is 0 Å². The zero-order chi connectivity index (χ0) is 15.0. The molecule has 0 aliphatic carbocycles. The van der Waals surface area contributed by atoms with Crippen molar-refractivity contribution in [3.8, 4) is 0 Å². The van der Waals surface area contributed by atoms with Crippen LogP contribution in [0.3, 0.4) is 0 Å². The van der Waals surface area contributed by atoms with Gasteiger partial charge in [0.2, 0.25) is 0 Å². The van der Waals surface area contributed by atoms with Crippen LogP contribution < -0.4 is 11.1 Å². The number of unbranched alkanes of at least 4 members (excludes halogenated alkanes) is 1. The van der Waals surface area contributed by atoms with Crippen LogP contribution in [0.1, 0.15) is 38.7 Å². The number of nitrogens with one attached hydrogen (secondary N) is 1. The minimum absolute atomic E-state index is 0.236. The summed E-state index contributed by atoms with van der Waals surface area (Å²) < 4.78 is 1.10. The Hall–Kier alpha value is -1.07. The summed E-state index contributed by atoms with van der Waals surface area (Å²) in [5.41, 5.74) is 6.71. The largest absolute Gasteiger partial charge is 0.409 e. The van der Waals surface area contributed by atoms with Crippen LogP contribution >= 0.6 is 15.9 Å². The third-order valence-electron chi connectivity index (χ3n) is 3.45. The van der Waals surface area contributed by atoms with Gasteiger partial charge in [-0.1, -0.05) is 53.5 Å². The van der Waals surface area contributed by atoms with Crippen molar-refractivity contribution in [2.75, 3.05) is 6.54 Å². The quantitative estimate of drug-likeness (QED) is 0.223. The summed E-state index contributed by atoms with van der Waals surface area (Å²) in [5.74, 6) is 0.306. The lowest BCUT2D eigenvalue weighted by atomic mass is 9.86. The van der Waals surface area contributed by atoms with Crippen LogP contribution in [0.15, 0.2) is 33.9 Å². The van der Waals surface area contributed by atoms with Crippen molar-refractivity contribution in [2.24, 2.45) is 16.3 Å². The molecule has 0 amide bonds. The Morgan fingerprint density at radius 3 is 2.55 bits per heavy atom. The summed E-state index contributed by atoms with van der Waals surface area (Å²) in [6.45, 7) is 5.86. The Labute approximate surface area is 129 Å². The van der Waals surface area contributed by atoms with Crippen LogP contribution in [0, 0.1) is 5.41 Å². The van der Waals surface area contributed by atoms with Crippen molar-refractivity contribution in [3.05, 3.63) is 34.3 Å². The molecular formula is C15H24BrN3O. The molecule has 0 aliphatic rings. The van der Waals surface area contributed by atoms with Gasteiger partial charge in [-0.05, 0) is 37.1 Å². The van der Waals surface area contributed by atoms with E-state index in [1.54, 1.807) is 0 Å². The molecule has 0 spiro atoms. The Kier molecular flexibility index (Phi) is 7.02. The van der Waals surface area contributed by atoms with Crippen molar-refractivity contribution >= 4 is 21.8 Å². The van der Waals surface area contributed by atoms with Gasteiger partial charge in [0.05, 0.1) is 0 Å². The highest BCUT2D eigenvalue weighted by molar-refractivity contribution is 9.10. The minimum Gasteiger partial charge on any atom is -0.409 e. The first-order chi connectivity index (χ1) is 9.45. The molecule has 0 saturated carbocycles. The van der Waals surface area contributed by atoms with Gasteiger partial charge in [-0.25, -0.2) is 0 Å². The molecule has 0 radical (unpaired) electrons. The summed E-state index contributed by atoms with van der Waals surface area (Å²) >= 11 is 3.43. The normalized spacial score (nSPS) is 12.7. The second-order valence-corrected chi connectivity index (χ2v) is 6.55. The second-order valence-electron chi connectivity index (χ2n) is 5.63. The zero-order valence-electron chi connectivity index (χ0n) is 12.2. The molecule has 5 heteroatoms. The van der Waals surface area contributed by atoms with Gasteiger partial charge in [0.1, 0.15) is 5.84 Å². The van der Waals surface area contributed by atoms with E-state index in [1.807, 2.05) is 13.8 Å². The maximum absolute atomic E-state index is 8.70. The molecule has 4 nitrogen and oxygen atoms in total. The Morgan fingerprint density at radius 2 is 1.95 bits per heavy atom. The monoisotopic (exact) mass is 341 g/mol. The topological polar surface area (TPSA) is 70.6 Å². The number of hydrogen-bond donors (Lipinski definition) is 3. The average molecular weight is 342 g/mol. The lowest BCUT2D eigenvalue weighted by molar-refractivity contribution is 0.304.